The van der Waals surface area contributed by atoms with Gasteiger partial charge in [-0.05, 0) is 18.6 Å². The number of esters is 1. The Morgan fingerprint density at radius 1 is 1.21 bits per heavy atom. The second-order valence-electron chi connectivity index (χ2n) is 4.98. The lowest BCUT2D eigenvalue weighted by atomic mass is 10.2. The van der Waals surface area contributed by atoms with Gasteiger partial charge in [-0.2, -0.15) is 0 Å². The van der Waals surface area contributed by atoms with E-state index in [1.54, 1.807) is 24.3 Å². The van der Waals surface area contributed by atoms with Crippen molar-refractivity contribution in [2.24, 2.45) is 0 Å². The van der Waals surface area contributed by atoms with Gasteiger partial charge in [-0.3, -0.25) is 9.59 Å². The highest BCUT2D eigenvalue weighted by Gasteiger charge is 2.20. The van der Waals surface area contributed by atoms with Crippen LogP contribution in [0.2, 0.25) is 0 Å². The van der Waals surface area contributed by atoms with Crippen molar-refractivity contribution in [2.75, 3.05) is 20.3 Å². The summed E-state index contributed by atoms with van der Waals surface area (Å²) in [6, 6.07) is 8.98. The molecule has 0 unspecified atom stereocenters. The van der Waals surface area contributed by atoms with Crippen LogP contribution < -0.4 is 10.6 Å². The molecule has 0 bridgehead atoms. The lowest BCUT2D eigenvalue weighted by molar-refractivity contribution is -0.151. The molecule has 1 aromatic carbocycles. The number of rotatable bonds is 8. The van der Waals surface area contributed by atoms with E-state index in [1.807, 2.05) is 6.07 Å². The summed E-state index contributed by atoms with van der Waals surface area (Å²) < 4.78 is 9.93. The molecule has 1 atom stereocenters. The average Bonchev–Trinajstić information content (AvgIpc) is 2.54. The first-order chi connectivity index (χ1) is 11.4. The zero-order valence-corrected chi connectivity index (χ0v) is 14.0. The third-order valence-corrected chi connectivity index (χ3v) is 2.90. The van der Waals surface area contributed by atoms with E-state index in [4.69, 9.17) is 9.47 Å². The van der Waals surface area contributed by atoms with E-state index >= 15 is 0 Å². The molecule has 0 heterocycles. The summed E-state index contributed by atoms with van der Waals surface area (Å²) in [6.07, 6.45) is 0.488. The van der Waals surface area contributed by atoms with E-state index in [-0.39, 0.29) is 5.70 Å². The second-order valence-corrected chi connectivity index (χ2v) is 4.98. The van der Waals surface area contributed by atoms with Gasteiger partial charge in [-0.1, -0.05) is 30.3 Å². The summed E-state index contributed by atoms with van der Waals surface area (Å²) in [6.45, 7) is 3.41. The fourth-order valence-electron chi connectivity index (χ4n) is 1.75. The molecule has 7 nitrogen and oxygen atoms in total. The van der Waals surface area contributed by atoms with Gasteiger partial charge < -0.3 is 20.1 Å². The highest BCUT2D eigenvalue weighted by Crippen LogP contribution is 2.07. The third-order valence-electron chi connectivity index (χ3n) is 2.90. The molecule has 0 aliphatic heterocycles. The van der Waals surface area contributed by atoms with Crippen LogP contribution in [0.5, 0.6) is 0 Å². The van der Waals surface area contributed by atoms with E-state index in [0.717, 1.165) is 5.56 Å². The standard InChI is InChI=1S/C17H22N2O5/c1-12(16(21)18-9-10-23-3)24-17(22)15(19-13(2)20)11-14-7-5-4-6-8-14/h4-8,11-12H,9-10H2,1-3H3,(H,18,21)(H,19,20)/b15-11-/t12-/m1/s1. The van der Waals surface area contributed by atoms with Crippen molar-refractivity contribution in [3.8, 4) is 0 Å². The summed E-state index contributed by atoms with van der Waals surface area (Å²) >= 11 is 0. The number of hydrogen-bond acceptors (Lipinski definition) is 5. The minimum absolute atomic E-state index is 0.0368. The Morgan fingerprint density at radius 3 is 2.46 bits per heavy atom. The molecule has 0 aromatic heterocycles. The van der Waals surface area contributed by atoms with Gasteiger partial charge in [-0.25, -0.2) is 4.79 Å². The number of carbonyl (C=O) groups is 3. The minimum Gasteiger partial charge on any atom is -0.448 e. The molecule has 1 rings (SSSR count). The monoisotopic (exact) mass is 334 g/mol. The van der Waals surface area contributed by atoms with Crippen molar-refractivity contribution >= 4 is 23.9 Å². The molecule has 0 saturated heterocycles. The Labute approximate surface area is 141 Å². The molecule has 24 heavy (non-hydrogen) atoms. The van der Waals surface area contributed by atoms with Crippen molar-refractivity contribution in [3.63, 3.8) is 0 Å². The van der Waals surface area contributed by atoms with Crippen LogP contribution in [-0.4, -0.2) is 44.1 Å². The molecule has 0 aliphatic rings. The normalized spacial score (nSPS) is 12.2. The molecule has 2 amide bonds. The molecular weight excluding hydrogens is 312 g/mol. The Balaban J connectivity index is 2.76. The Morgan fingerprint density at radius 2 is 1.88 bits per heavy atom. The van der Waals surface area contributed by atoms with Crippen molar-refractivity contribution in [2.45, 2.75) is 20.0 Å². The lowest BCUT2D eigenvalue weighted by Gasteiger charge is -2.15. The Kier molecular flexibility index (Phi) is 8.21. The zero-order chi connectivity index (χ0) is 17.9. The first-order valence-corrected chi connectivity index (χ1v) is 7.46. The summed E-state index contributed by atoms with van der Waals surface area (Å²) in [5, 5.41) is 4.99. The molecule has 0 fully saturated rings. The number of nitrogens with one attached hydrogen (secondary N) is 2. The fraction of sp³-hybridized carbons (Fsp3) is 0.353. The van der Waals surface area contributed by atoms with Gasteiger partial charge in [0.15, 0.2) is 6.10 Å². The van der Waals surface area contributed by atoms with E-state index in [2.05, 4.69) is 10.6 Å². The predicted octanol–water partition coefficient (Wildman–Crippen LogP) is 0.858. The quantitative estimate of drug-likeness (QED) is 0.418. The van der Waals surface area contributed by atoms with Crippen molar-refractivity contribution in [1.29, 1.82) is 0 Å². The minimum atomic E-state index is -0.998. The first kappa shape index (κ1) is 19.4. The Hall–Kier alpha value is -2.67. The smallest absolute Gasteiger partial charge is 0.355 e. The van der Waals surface area contributed by atoms with Crippen LogP contribution in [0, 0.1) is 0 Å². The maximum Gasteiger partial charge on any atom is 0.355 e. The fourth-order valence-corrected chi connectivity index (χ4v) is 1.75. The maximum atomic E-state index is 12.2. The zero-order valence-electron chi connectivity index (χ0n) is 14.0. The number of methoxy groups -OCH3 is 1. The molecule has 7 heteroatoms. The van der Waals surface area contributed by atoms with Crippen LogP contribution >= 0.6 is 0 Å². The Bertz CT molecular complexity index is 598. The van der Waals surface area contributed by atoms with Gasteiger partial charge in [0.25, 0.3) is 5.91 Å². The summed E-state index contributed by atoms with van der Waals surface area (Å²) in [7, 11) is 1.52. The maximum absolute atomic E-state index is 12.2. The summed E-state index contributed by atoms with van der Waals surface area (Å²) in [4.78, 5) is 35.3. The summed E-state index contributed by atoms with van der Waals surface area (Å²) in [5.41, 5.74) is 0.681. The number of ether oxygens (including phenoxy) is 2. The molecular formula is C17H22N2O5. The molecule has 130 valence electrons. The molecule has 0 radical (unpaired) electrons. The van der Waals surface area contributed by atoms with Crippen LogP contribution in [0.15, 0.2) is 36.0 Å². The molecule has 0 aliphatic carbocycles. The van der Waals surface area contributed by atoms with Crippen molar-refractivity contribution < 1.29 is 23.9 Å². The average molecular weight is 334 g/mol. The first-order valence-electron chi connectivity index (χ1n) is 7.46. The van der Waals surface area contributed by atoms with E-state index in [9.17, 15) is 14.4 Å². The van der Waals surface area contributed by atoms with E-state index in [1.165, 1.54) is 27.0 Å². The van der Waals surface area contributed by atoms with Crippen molar-refractivity contribution in [1.82, 2.24) is 10.6 Å². The van der Waals surface area contributed by atoms with Crippen LogP contribution in [0.25, 0.3) is 6.08 Å². The second kappa shape index (κ2) is 10.2. The lowest BCUT2D eigenvalue weighted by Crippen LogP contribution is -2.38. The van der Waals surface area contributed by atoms with Gasteiger partial charge in [0.2, 0.25) is 5.91 Å². The number of amides is 2. The highest BCUT2D eigenvalue weighted by atomic mass is 16.5. The van der Waals surface area contributed by atoms with Crippen LogP contribution in [0.1, 0.15) is 19.4 Å². The predicted molar refractivity (Wildman–Crippen MR) is 88.7 cm³/mol. The van der Waals surface area contributed by atoms with Gasteiger partial charge >= 0.3 is 5.97 Å². The highest BCUT2D eigenvalue weighted by molar-refractivity contribution is 5.98. The van der Waals surface area contributed by atoms with E-state index < -0.39 is 23.9 Å². The van der Waals surface area contributed by atoms with Crippen LogP contribution in [-0.2, 0) is 23.9 Å². The number of benzene rings is 1. The van der Waals surface area contributed by atoms with Gasteiger partial charge in [0.1, 0.15) is 5.70 Å². The largest absolute Gasteiger partial charge is 0.448 e. The SMILES string of the molecule is COCCNC(=O)[C@@H](C)OC(=O)/C(=C/c1ccccc1)NC(C)=O. The molecule has 0 saturated carbocycles. The number of carbonyl (C=O) groups excluding carboxylic acids is 3. The topological polar surface area (TPSA) is 93.7 Å². The molecule has 2 N–H and O–H groups in total. The van der Waals surface area contributed by atoms with Gasteiger partial charge in [0, 0.05) is 20.6 Å². The van der Waals surface area contributed by atoms with E-state index in [0.29, 0.717) is 13.2 Å². The number of hydrogen-bond donors (Lipinski definition) is 2. The molecule has 0 spiro atoms. The third kappa shape index (κ3) is 7.06. The van der Waals surface area contributed by atoms with Crippen molar-refractivity contribution in [3.05, 3.63) is 41.6 Å². The van der Waals surface area contributed by atoms with Crippen LogP contribution in [0.4, 0.5) is 0 Å². The summed E-state index contributed by atoms with van der Waals surface area (Å²) in [5.74, 6) is -1.64. The van der Waals surface area contributed by atoms with Gasteiger partial charge in [0.05, 0.1) is 6.61 Å². The van der Waals surface area contributed by atoms with Gasteiger partial charge in [-0.15, -0.1) is 0 Å². The molecule has 1 aromatic rings. The van der Waals surface area contributed by atoms with Crippen LogP contribution in [0.3, 0.4) is 0 Å².